The molecule has 0 saturated carbocycles. The molecule has 7 nitrogen and oxygen atoms in total. The normalized spacial score (nSPS) is 14.8. The molecule has 1 N–H and O–H groups in total. The molecule has 2 aromatic rings. The van der Waals surface area contributed by atoms with Gasteiger partial charge in [0.1, 0.15) is 6.54 Å². The number of amides is 3. The van der Waals surface area contributed by atoms with Gasteiger partial charge in [-0.2, -0.15) is 0 Å². The highest BCUT2D eigenvalue weighted by Gasteiger charge is 2.36. The van der Waals surface area contributed by atoms with Crippen molar-refractivity contribution in [3.05, 3.63) is 52.9 Å². The van der Waals surface area contributed by atoms with E-state index in [-0.39, 0.29) is 11.4 Å². The number of nitrogens with zero attached hydrogens (tertiary/aromatic N) is 1. The Hall–Kier alpha value is -2.91. The number of imide groups is 1. The smallest absolute Gasteiger partial charge is 0.294 e. The molecule has 0 spiro atoms. The van der Waals surface area contributed by atoms with Crippen molar-refractivity contribution in [2.24, 2.45) is 0 Å². The molecule has 1 fully saturated rings. The molecule has 0 radical (unpaired) electrons. The summed E-state index contributed by atoms with van der Waals surface area (Å²) in [6.07, 6.45) is 3.54. The Morgan fingerprint density at radius 2 is 2.00 bits per heavy atom. The van der Waals surface area contributed by atoms with Gasteiger partial charge in [-0.25, -0.2) is 0 Å². The third-order valence-corrected chi connectivity index (χ3v) is 5.95. The van der Waals surface area contributed by atoms with Crippen LogP contribution >= 0.6 is 23.5 Å². The Balaban J connectivity index is 1.71. The molecule has 2 aromatic carbocycles. The maximum Gasteiger partial charge on any atom is 0.294 e. The van der Waals surface area contributed by atoms with Crippen molar-refractivity contribution in [2.75, 3.05) is 31.8 Å². The topological polar surface area (TPSA) is 84.9 Å². The van der Waals surface area contributed by atoms with Crippen LogP contribution in [0.3, 0.4) is 0 Å². The summed E-state index contributed by atoms with van der Waals surface area (Å²) in [5.74, 6) is 0.181. The average molecular weight is 459 g/mol. The van der Waals surface area contributed by atoms with Crippen LogP contribution in [0.5, 0.6) is 11.5 Å². The number of ether oxygens (including phenoxy) is 2. The molecular formula is C22H22N2O5S2. The number of hydrogen-bond acceptors (Lipinski definition) is 7. The number of rotatable bonds is 8. The van der Waals surface area contributed by atoms with E-state index in [1.54, 1.807) is 49.2 Å². The van der Waals surface area contributed by atoms with E-state index >= 15 is 0 Å². The summed E-state index contributed by atoms with van der Waals surface area (Å²) in [5.41, 5.74) is 1.30. The molecule has 1 aliphatic rings. The molecule has 0 aromatic heterocycles. The number of hydrogen-bond donors (Lipinski definition) is 1. The van der Waals surface area contributed by atoms with Gasteiger partial charge in [-0.15, -0.1) is 11.8 Å². The summed E-state index contributed by atoms with van der Waals surface area (Å²) in [7, 11) is 1.55. The van der Waals surface area contributed by atoms with Gasteiger partial charge in [0.15, 0.2) is 11.5 Å². The molecule has 9 heteroatoms. The third kappa shape index (κ3) is 5.62. The number of thioether (sulfide) groups is 2. The lowest BCUT2D eigenvalue weighted by Crippen LogP contribution is -2.36. The lowest BCUT2D eigenvalue weighted by molar-refractivity contribution is -0.127. The summed E-state index contributed by atoms with van der Waals surface area (Å²) in [6.45, 7) is 1.98. The number of benzene rings is 2. The maximum atomic E-state index is 12.7. The summed E-state index contributed by atoms with van der Waals surface area (Å²) in [5, 5.41) is 2.24. The predicted molar refractivity (Wildman–Crippen MR) is 124 cm³/mol. The zero-order chi connectivity index (χ0) is 22.4. The molecule has 31 heavy (non-hydrogen) atoms. The summed E-state index contributed by atoms with van der Waals surface area (Å²) >= 11 is 2.36. The van der Waals surface area contributed by atoms with E-state index in [0.29, 0.717) is 29.4 Å². The van der Waals surface area contributed by atoms with Crippen LogP contribution in [0.25, 0.3) is 6.08 Å². The molecule has 1 aliphatic heterocycles. The SMILES string of the molecule is CCOc1cc(/C=C2/SC(=O)N(CC(=O)Nc3cccc(SC)c3)C2=O)ccc1OC. The van der Waals surface area contributed by atoms with Crippen molar-refractivity contribution in [3.8, 4) is 11.5 Å². The molecule has 1 heterocycles. The van der Waals surface area contributed by atoms with Gasteiger partial charge in [0, 0.05) is 10.6 Å². The van der Waals surface area contributed by atoms with Crippen molar-refractivity contribution in [1.29, 1.82) is 0 Å². The molecule has 162 valence electrons. The van der Waals surface area contributed by atoms with Crippen LogP contribution in [0.15, 0.2) is 52.3 Å². The minimum atomic E-state index is -0.503. The highest BCUT2D eigenvalue weighted by molar-refractivity contribution is 8.18. The monoisotopic (exact) mass is 458 g/mol. The van der Waals surface area contributed by atoms with Crippen LogP contribution in [0.4, 0.5) is 10.5 Å². The van der Waals surface area contributed by atoms with E-state index < -0.39 is 17.1 Å². The fourth-order valence-electron chi connectivity index (χ4n) is 2.88. The first-order valence-corrected chi connectivity index (χ1v) is 11.5. The number of anilines is 1. The van der Waals surface area contributed by atoms with Crippen LogP contribution < -0.4 is 14.8 Å². The van der Waals surface area contributed by atoms with Gasteiger partial charge in [-0.05, 0) is 66.9 Å². The van der Waals surface area contributed by atoms with Gasteiger partial charge in [0.05, 0.1) is 18.6 Å². The lowest BCUT2D eigenvalue weighted by atomic mass is 10.2. The highest BCUT2D eigenvalue weighted by Crippen LogP contribution is 2.34. The number of carbonyl (C=O) groups excluding carboxylic acids is 3. The molecule has 0 atom stereocenters. The molecule has 0 unspecified atom stereocenters. The summed E-state index contributed by atoms with van der Waals surface area (Å²) in [4.78, 5) is 39.6. The lowest BCUT2D eigenvalue weighted by Gasteiger charge is -2.13. The van der Waals surface area contributed by atoms with Crippen LogP contribution in [-0.2, 0) is 9.59 Å². The van der Waals surface area contributed by atoms with Gasteiger partial charge in [-0.1, -0.05) is 12.1 Å². The Bertz CT molecular complexity index is 1040. The fourth-order valence-corrected chi connectivity index (χ4v) is 4.18. The first-order valence-electron chi connectivity index (χ1n) is 9.45. The van der Waals surface area contributed by atoms with Crippen molar-refractivity contribution in [1.82, 2.24) is 4.90 Å². The van der Waals surface area contributed by atoms with Gasteiger partial charge in [-0.3, -0.25) is 19.3 Å². The van der Waals surface area contributed by atoms with E-state index in [4.69, 9.17) is 9.47 Å². The fraction of sp³-hybridized carbons (Fsp3) is 0.227. The second-order valence-electron chi connectivity index (χ2n) is 6.39. The van der Waals surface area contributed by atoms with Crippen molar-refractivity contribution in [3.63, 3.8) is 0 Å². The van der Waals surface area contributed by atoms with Gasteiger partial charge in [0.2, 0.25) is 5.91 Å². The molecule has 1 saturated heterocycles. The summed E-state index contributed by atoms with van der Waals surface area (Å²) < 4.78 is 10.8. The zero-order valence-corrected chi connectivity index (χ0v) is 19.0. The first-order chi connectivity index (χ1) is 14.9. The largest absolute Gasteiger partial charge is 0.493 e. The van der Waals surface area contributed by atoms with Crippen molar-refractivity contribution in [2.45, 2.75) is 11.8 Å². The second-order valence-corrected chi connectivity index (χ2v) is 8.26. The molecular weight excluding hydrogens is 436 g/mol. The van der Waals surface area contributed by atoms with E-state index in [1.165, 1.54) is 0 Å². The van der Waals surface area contributed by atoms with Crippen LogP contribution in [0.1, 0.15) is 12.5 Å². The first kappa shape index (κ1) is 22.8. The van der Waals surface area contributed by atoms with E-state index in [9.17, 15) is 14.4 Å². The number of methoxy groups -OCH3 is 1. The average Bonchev–Trinajstić information content (AvgIpc) is 3.01. The van der Waals surface area contributed by atoms with E-state index in [1.807, 2.05) is 31.4 Å². The second kappa shape index (κ2) is 10.4. The highest BCUT2D eigenvalue weighted by atomic mass is 32.2. The van der Waals surface area contributed by atoms with Gasteiger partial charge < -0.3 is 14.8 Å². The molecule has 0 aliphatic carbocycles. The van der Waals surface area contributed by atoms with Crippen LogP contribution in [0, 0.1) is 0 Å². The van der Waals surface area contributed by atoms with Crippen molar-refractivity contribution < 1.29 is 23.9 Å². The number of nitrogens with one attached hydrogen (secondary N) is 1. The predicted octanol–water partition coefficient (Wildman–Crippen LogP) is 4.49. The Kier molecular flexibility index (Phi) is 7.64. The molecule has 3 rings (SSSR count). The minimum Gasteiger partial charge on any atom is -0.493 e. The quantitative estimate of drug-likeness (QED) is 0.461. The third-order valence-electron chi connectivity index (χ3n) is 4.31. The minimum absolute atomic E-state index is 0.245. The Labute approximate surface area is 189 Å². The van der Waals surface area contributed by atoms with Crippen LogP contribution in [0.2, 0.25) is 0 Å². The Morgan fingerprint density at radius 3 is 2.71 bits per heavy atom. The van der Waals surface area contributed by atoms with Crippen LogP contribution in [-0.4, -0.2) is 48.5 Å². The summed E-state index contributed by atoms with van der Waals surface area (Å²) in [6, 6.07) is 12.6. The van der Waals surface area contributed by atoms with Gasteiger partial charge >= 0.3 is 0 Å². The van der Waals surface area contributed by atoms with E-state index in [2.05, 4.69) is 5.32 Å². The van der Waals surface area contributed by atoms with Crippen molar-refractivity contribution >= 4 is 52.3 Å². The molecule has 3 amide bonds. The zero-order valence-electron chi connectivity index (χ0n) is 17.3. The number of carbonyl (C=O) groups is 3. The van der Waals surface area contributed by atoms with E-state index in [0.717, 1.165) is 21.6 Å². The maximum absolute atomic E-state index is 12.7. The standard InChI is InChI=1S/C22H22N2O5S2/c1-4-29-18-10-14(8-9-17(18)28-2)11-19-21(26)24(22(27)31-19)13-20(25)23-15-6-5-7-16(12-15)30-3/h5-12H,4,13H2,1-3H3,(H,23,25)/b19-11+. The molecule has 0 bridgehead atoms. The van der Waals surface area contributed by atoms with Gasteiger partial charge in [0.25, 0.3) is 11.1 Å². The Morgan fingerprint density at radius 1 is 1.19 bits per heavy atom.